The van der Waals surface area contributed by atoms with E-state index >= 15 is 0 Å². The Balaban J connectivity index is 1.74. The molecule has 1 atom stereocenters. The van der Waals surface area contributed by atoms with Gasteiger partial charge in [-0.1, -0.05) is 35.9 Å². The quantitative estimate of drug-likeness (QED) is 0.833. The van der Waals surface area contributed by atoms with Crippen molar-refractivity contribution >= 4 is 29.2 Å². The summed E-state index contributed by atoms with van der Waals surface area (Å²) >= 11 is 5.73. The molecule has 2 aromatic carbocycles. The van der Waals surface area contributed by atoms with Crippen LogP contribution in [0.3, 0.4) is 0 Å². The van der Waals surface area contributed by atoms with Crippen molar-refractivity contribution < 1.29 is 18.7 Å². The van der Waals surface area contributed by atoms with Crippen molar-refractivity contribution in [2.45, 2.75) is 19.0 Å². The second-order valence-electron chi connectivity index (χ2n) is 6.09. The first kappa shape index (κ1) is 18.4. The molecule has 0 aromatic heterocycles. The van der Waals surface area contributed by atoms with Gasteiger partial charge in [-0.15, -0.1) is 0 Å². The minimum atomic E-state index is -0.553. The van der Waals surface area contributed by atoms with Crippen LogP contribution in [-0.2, 0) is 27.3 Å². The largest absolute Gasteiger partial charge is 0.468 e. The maximum Gasteiger partial charge on any atom is 0.323 e. The van der Waals surface area contributed by atoms with Crippen LogP contribution in [0, 0.1) is 5.82 Å². The highest BCUT2D eigenvalue weighted by Gasteiger charge is 2.33. The van der Waals surface area contributed by atoms with Gasteiger partial charge in [-0.2, -0.15) is 0 Å². The van der Waals surface area contributed by atoms with Crippen LogP contribution in [0.25, 0.3) is 0 Å². The highest BCUT2D eigenvalue weighted by atomic mass is 35.5. The summed E-state index contributed by atoms with van der Waals surface area (Å²) in [5.74, 6) is -1.25. The number of hydrogen-bond donors (Lipinski definition) is 1. The molecule has 5 nitrogen and oxygen atoms in total. The molecule has 3 rings (SSSR count). The number of amides is 1. The second-order valence-corrected chi connectivity index (χ2v) is 6.50. The molecular weight excluding hydrogens is 359 g/mol. The van der Waals surface area contributed by atoms with Crippen LogP contribution >= 0.6 is 11.6 Å². The Labute approximate surface area is 155 Å². The van der Waals surface area contributed by atoms with E-state index in [1.807, 2.05) is 24.3 Å². The average Bonchev–Trinajstić information content (AvgIpc) is 2.63. The lowest BCUT2D eigenvalue weighted by Crippen LogP contribution is -2.49. The van der Waals surface area contributed by atoms with Gasteiger partial charge in [0.1, 0.15) is 11.9 Å². The zero-order valence-corrected chi connectivity index (χ0v) is 14.9. The number of ether oxygens (including phenoxy) is 1. The van der Waals surface area contributed by atoms with Gasteiger partial charge in [0.2, 0.25) is 5.91 Å². The number of fused-ring (bicyclic) bond motifs is 1. The molecule has 1 amide bonds. The Kier molecular flexibility index (Phi) is 5.54. The van der Waals surface area contributed by atoms with E-state index in [0.29, 0.717) is 18.7 Å². The highest BCUT2D eigenvalue weighted by Crippen LogP contribution is 2.24. The maximum atomic E-state index is 13.2. The van der Waals surface area contributed by atoms with Crippen LogP contribution in [0.15, 0.2) is 42.5 Å². The molecule has 2 aromatic rings. The molecule has 1 aliphatic rings. The van der Waals surface area contributed by atoms with E-state index in [1.165, 1.54) is 25.3 Å². The number of hydrogen-bond acceptors (Lipinski definition) is 4. The third kappa shape index (κ3) is 4.03. The van der Waals surface area contributed by atoms with Gasteiger partial charge < -0.3 is 10.1 Å². The van der Waals surface area contributed by atoms with Crippen LogP contribution in [-0.4, -0.2) is 36.5 Å². The summed E-state index contributed by atoms with van der Waals surface area (Å²) in [5, 5.41) is 2.61. The standard InChI is InChI=1S/C19H18ClFN2O3/c1-26-19(25)17-8-12-4-2-3-5-13(12)10-23(17)11-18(24)22-14-6-7-16(21)15(20)9-14/h2-7,9,17H,8,10-11H2,1H3,(H,22,24). The third-order valence-corrected chi connectivity index (χ3v) is 4.66. The molecule has 0 saturated heterocycles. The van der Waals surface area contributed by atoms with Gasteiger partial charge in [0, 0.05) is 12.2 Å². The van der Waals surface area contributed by atoms with E-state index in [1.54, 1.807) is 4.90 Å². The molecule has 0 radical (unpaired) electrons. The van der Waals surface area contributed by atoms with Gasteiger partial charge in [-0.25, -0.2) is 4.39 Å². The lowest BCUT2D eigenvalue weighted by molar-refractivity contribution is -0.148. The summed E-state index contributed by atoms with van der Waals surface area (Å²) in [4.78, 5) is 26.3. The fourth-order valence-electron chi connectivity index (χ4n) is 3.07. The van der Waals surface area contributed by atoms with Crippen molar-refractivity contribution in [2.75, 3.05) is 19.0 Å². The summed E-state index contributed by atoms with van der Waals surface area (Å²) < 4.78 is 18.1. The number of carbonyl (C=O) groups is 2. The summed E-state index contributed by atoms with van der Waals surface area (Å²) in [7, 11) is 1.33. The van der Waals surface area contributed by atoms with E-state index < -0.39 is 11.9 Å². The van der Waals surface area contributed by atoms with Crippen LogP contribution in [0.2, 0.25) is 5.02 Å². The monoisotopic (exact) mass is 376 g/mol. The van der Waals surface area contributed by atoms with Crippen molar-refractivity contribution in [3.8, 4) is 0 Å². The summed E-state index contributed by atoms with van der Waals surface area (Å²) in [5.41, 5.74) is 2.54. The first-order chi connectivity index (χ1) is 12.5. The first-order valence-corrected chi connectivity index (χ1v) is 8.49. The molecule has 0 bridgehead atoms. The first-order valence-electron chi connectivity index (χ1n) is 8.11. The van der Waals surface area contributed by atoms with Crippen molar-refractivity contribution in [3.63, 3.8) is 0 Å². The molecule has 1 heterocycles. The number of carbonyl (C=O) groups excluding carboxylic acids is 2. The molecule has 1 aliphatic heterocycles. The summed E-state index contributed by atoms with van der Waals surface area (Å²) in [6, 6.07) is 11.2. The van der Waals surface area contributed by atoms with Crippen molar-refractivity contribution in [2.24, 2.45) is 0 Å². The lowest BCUT2D eigenvalue weighted by Gasteiger charge is -2.34. The second kappa shape index (κ2) is 7.85. The lowest BCUT2D eigenvalue weighted by atomic mass is 9.94. The van der Waals surface area contributed by atoms with Gasteiger partial charge in [0.25, 0.3) is 0 Å². The Bertz CT molecular complexity index is 843. The minimum Gasteiger partial charge on any atom is -0.468 e. The normalized spacial score (nSPS) is 16.7. The Hall–Kier alpha value is -2.44. The van der Waals surface area contributed by atoms with E-state index in [-0.39, 0.29) is 23.4 Å². The minimum absolute atomic E-state index is 0.00307. The topological polar surface area (TPSA) is 58.6 Å². The van der Waals surface area contributed by atoms with Crippen molar-refractivity contribution in [1.29, 1.82) is 0 Å². The number of anilines is 1. The number of rotatable bonds is 4. The van der Waals surface area contributed by atoms with Crippen LogP contribution < -0.4 is 5.32 Å². The van der Waals surface area contributed by atoms with Gasteiger partial charge in [-0.05, 0) is 35.7 Å². The van der Waals surface area contributed by atoms with Crippen LogP contribution in [0.1, 0.15) is 11.1 Å². The number of esters is 1. The van der Waals surface area contributed by atoms with Gasteiger partial charge in [-0.3, -0.25) is 14.5 Å². The third-order valence-electron chi connectivity index (χ3n) is 4.37. The fourth-order valence-corrected chi connectivity index (χ4v) is 3.25. The van der Waals surface area contributed by atoms with E-state index in [0.717, 1.165) is 11.1 Å². The molecule has 7 heteroatoms. The Morgan fingerprint density at radius 2 is 2.00 bits per heavy atom. The summed E-state index contributed by atoms with van der Waals surface area (Å²) in [6.45, 7) is 0.469. The molecule has 0 fully saturated rings. The molecule has 0 saturated carbocycles. The SMILES string of the molecule is COC(=O)C1Cc2ccccc2CN1CC(=O)Nc1ccc(F)c(Cl)c1. The van der Waals surface area contributed by atoms with E-state index in [4.69, 9.17) is 16.3 Å². The zero-order valence-electron chi connectivity index (χ0n) is 14.2. The predicted molar refractivity (Wildman–Crippen MR) is 96.4 cm³/mol. The van der Waals surface area contributed by atoms with Crippen molar-refractivity contribution in [1.82, 2.24) is 4.90 Å². The summed E-state index contributed by atoms with van der Waals surface area (Å²) in [6.07, 6.45) is 0.485. The molecule has 0 spiro atoms. The molecule has 136 valence electrons. The Morgan fingerprint density at radius 3 is 2.69 bits per heavy atom. The molecule has 1 unspecified atom stereocenters. The van der Waals surface area contributed by atoms with E-state index in [9.17, 15) is 14.0 Å². The number of methoxy groups -OCH3 is 1. The van der Waals surface area contributed by atoms with Crippen molar-refractivity contribution in [3.05, 3.63) is 64.4 Å². The van der Waals surface area contributed by atoms with Gasteiger partial charge in [0.15, 0.2) is 0 Å². The smallest absolute Gasteiger partial charge is 0.323 e. The van der Waals surface area contributed by atoms with E-state index in [2.05, 4.69) is 5.32 Å². The van der Waals surface area contributed by atoms with Crippen LogP contribution in [0.5, 0.6) is 0 Å². The maximum absolute atomic E-state index is 13.2. The zero-order chi connectivity index (χ0) is 18.7. The molecule has 26 heavy (non-hydrogen) atoms. The fraction of sp³-hybridized carbons (Fsp3) is 0.263. The number of halogens is 2. The molecule has 0 aliphatic carbocycles. The van der Waals surface area contributed by atoms with Crippen LogP contribution in [0.4, 0.5) is 10.1 Å². The molecule has 1 N–H and O–H groups in total. The highest BCUT2D eigenvalue weighted by molar-refractivity contribution is 6.31. The average molecular weight is 377 g/mol. The number of nitrogens with one attached hydrogen (secondary N) is 1. The molecular formula is C19H18ClFN2O3. The number of nitrogens with zero attached hydrogens (tertiary/aromatic N) is 1. The Morgan fingerprint density at radius 1 is 1.27 bits per heavy atom. The number of benzene rings is 2. The van der Waals surface area contributed by atoms with Gasteiger partial charge >= 0.3 is 5.97 Å². The van der Waals surface area contributed by atoms with Gasteiger partial charge in [0.05, 0.1) is 18.7 Å². The predicted octanol–water partition coefficient (Wildman–Crippen LogP) is 3.02.